The Morgan fingerprint density at radius 1 is 1.12 bits per heavy atom. The highest BCUT2D eigenvalue weighted by molar-refractivity contribution is 9.10. The molecule has 1 amide bonds. The van der Waals surface area contributed by atoms with E-state index < -0.39 is 0 Å². The Labute approximate surface area is 165 Å². The molecule has 26 heavy (non-hydrogen) atoms. The van der Waals surface area contributed by atoms with Crippen molar-refractivity contribution in [2.75, 3.05) is 33.3 Å². The van der Waals surface area contributed by atoms with Crippen LogP contribution in [0.5, 0.6) is 0 Å². The van der Waals surface area contributed by atoms with Crippen molar-refractivity contribution >= 4 is 27.8 Å². The fourth-order valence-electron chi connectivity index (χ4n) is 2.44. The molecule has 1 aromatic rings. The van der Waals surface area contributed by atoms with Crippen LogP contribution in [0.2, 0.25) is 0 Å². The number of halogens is 1. The van der Waals surface area contributed by atoms with E-state index in [1.54, 1.807) is 19.2 Å². The second kappa shape index (κ2) is 12.7. The number of benzene rings is 1. The Hall–Kier alpha value is -1.60. The van der Waals surface area contributed by atoms with Crippen molar-refractivity contribution in [1.29, 1.82) is 0 Å². The van der Waals surface area contributed by atoms with Crippen molar-refractivity contribution in [2.24, 2.45) is 10.9 Å². The summed E-state index contributed by atoms with van der Waals surface area (Å²) >= 11 is 3.36. The lowest BCUT2D eigenvalue weighted by Gasteiger charge is -2.21. The van der Waals surface area contributed by atoms with Gasteiger partial charge in [-0.2, -0.15) is 0 Å². The first-order valence-electron chi connectivity index (χ1n) is 9.07. The summed E-state index contributed by atoms with van der Waals surface area (Å²) in [4.78, 5) is 16.2. The van der Waals surface area contributed by atoms with Crippen LogP contribution in [-0.4, -0.2) is 51.3 Å². The molecule has 0 aliphatic carbocycles. The van der Waals surface area contributed by atoms with Crippen molar-refractivity contribution in [2.45, 2.75) is 33.3 Å². The van der Waals surface area contributed by atoms with E-state index in [2.05, 4.69) is 50.7 Å². The summed E-state index contributed by atoms with van der Waals surface area (Å²) in [6, 6.07) is 7.28. The first-order chi connectivity index (χ1) is 12.5. The molecular formula is C19H31BrN4O2. The highest BCUT2D eigenvalue weighted by atomic mass is 79.9. The number of guanidine groups is 1. The van der Waals surface area contributed by atoms with Crippen molar-refractivity contribution in [1.82, 2.24) is 16.0 Å². The molecule has 0 bridgehead atoms. The monoisotopic (exact) mass is 426 g/mol. The summed E-state index contributed by atoms with van der Waals surface area (Å²) in [5.74, 6) is 1.13. The lowest BCUT2D eigenvalue weighted by molar-refractivity contribution is 0.0258. The Morgan fingerprint density at radius 3 is 2.31 bits per heavy atom. The van der Waals surface area contributed by atoms with Gasteiger partial charge in [-0.15, -0.1) is 0 Å². The third-order valence-corrected chi connectivity index (χ3v) is 4.41. The number of nitrogens with zero attached hydrogens (tertiary/aromatic N) is 1. The minimum atomic E-state index is -0.0845. The van der Waals surface area contributed by atoms with E-state index in [4.69, 9.17) is 4.74 Å². The molecular weight excluding hydrogens is 396 g/mol. The molecule has 0 fully saturated rings. The smallest absolute Gasteiger partial charge is 0.251 e. The Bertz CT molecular complexity index is 561. The molecule has 1 aromatic carbocycles. The number of aliphatic imine (C=N–C) groups is 1. The van der Waals surface area contributed by atoms with Gasteiger partial charge in [-0.1, -0.05) is 29.8 Å². The molecule has 0 aromatic heterocycles. The fourth-order valence-corrected chi connectivity index (χ4v) is 2.70. The van der Waals surface area contributed by atoms with Crippen molar-refractivity contribution in [3.05, 3.63) is 34.3 Å². The van der Waals surface area contributed by atoms with Crippen LogP contribution < -0.4 is 16.0 Å². The lowest BCUT2D eigenvalue weighted by Crippen LogP contribution is -2.42. The number of carbonyl (C=O) groups excluding carboxylic acids is 1. The molecule has 0 heterocycles. The maximum Gasteiger partial charge on any atom is 0.251 e. The second-order valence-electron chi connectivity index (χ2n) is 6.22. The van der Waals surface area contributed by atoms with E-state index in [9.17, 15) is 4.79 Å². The summed E-state index contributed by atoms with van der Waals surface area (Å²) in [6.45, 7) is 8.99. The van der Waals surface area contributed by atoms with Gasteiger partial charge in [0.2, 0.25) is 0 Å². The van der Waals surface area contributed by atoms with Crippen LogP contribution in [0, 0.1) is 5.92 Å². The average molecular weight is 427 g/mol. The molecule has 0 aliphatic heterocycles. The topological polar surface area (TPSA) is 74.8 Å². The van der Waals surface area contributed by atoms with Gasteiger partial charge in [0.25, 0.3) is 5.91 Å². The molecule has 146 valence electrons. The molecule has 0 saturated heterocycles. The van der Waals surface area contributed by atoms with Gasteiger partial charge in [-0.3, -0.25) is 9.79 Å². The molecule has 0 aliphatic rings. The Balaban J connectivity index is 2.25. The number of rotatable bonds is 10. The molecule has 6 nitrogen and oxygen atoms in total. The van der Waals surface area contributed by atoms with Crippen LogP contribution >= 0.6 is 15.9 Å². The number of amides is 1. The average Bonchev–Trinajstić information content (AvgIpc) is 2.63. The van der Waals surface area contributed by atoms with Gasteiger partial charge in [-0.25, -0.2) is 0 Å². The van der Waals surface area contributed by atoms with Crippen molar-refractivity contribution in [3.8, 4) is 0 Å². The van der Waals surface area contributed by atoms with Gasteiger partial charge in [-0.05, 0) is 43.5 Å². The number of hydrogen-bond donors (Lipinski definition) is 3. The van der Waals surface area contributed by atoms with Crippen LogP contribution in [0.4, 0.5) is 0 Å². The van der Waals surface area contributed by atoms with Gasteiger partial charge in [0.15, 0.2) is 5.96 Å². The molecule has 7 heteroatoms. The van der Waals surface area contributed by atoms with Gasteiger partial charge in [0.1, 0.15) is 0 Å². The van der Waals surface area contributed by atoms with E-state index in [1.165, 1.54) is 0 Å². The SMILES string of the molecule is CCOC(CCNC(=NC)NCCNC(=O)c1ccc(Br)cc1)C(C)C. The first-order valence-corrected chi connectivity index (χ1v) is 9.87. The number of nitrogens with one attached hydrogen (secondary N) is 3. The summed E-state index contributed by atoms with van der Waals surface area (Å²) in [5, 5.41) is 9.36. The van der Waals surface area contributed by atoms with Gasteiger partial charge >= 0.3 is 0 Å². The summed E-state index contributed by atoms with van der Waals surface area (Å²) in [6.07, 6.45) is 1.17. The first kappa shape index (κ1) is 22.4. The summed E-state index contributed by atoms with van der Waals surface area (Å²) in [5.41, 5.74) is 0.645. The van der Waals surface area contributed by atoms with Gasteiger partial charge < -0.3 is 20.7 Å². The normalized spacial score (nSPS) is 12.8. The van der Waals surface area contributed by atoms with Crippen molar-refractivity contribution < 1.29 is 9.53 Å². The minimum absolute atomic E-state index is 0.0845. The van der Waals surface area contributed by atoms with E-state index in [0.29, 0.717) is 24.6 Å². The Morgan fingerprint density at radius 2 is 1.73 bits per heavy atom. The van der Waals surface area contributed by atoms with Crippen LogP contribution in [-0.2, 0) is 4.74 Å². The predicted molar refractivity (Wildman–Crippen MR) is 111 cm³/mol. The highest BCUT2D eigenvalue weighted by Gasteiger charge is 2.13. The van der Waals surface area contributed by atoms with E-state index in [-0.39, 0.29) is 12.0 Å². The maximum atomic E-state index is 12.0. The van der Waals surface area contributed by atoms with Gasteiger partial charge in [0.05, 0.1) is 6.10 Å². The van der Waals surface area contributed by atoms with Crippen LogP contribution in [0.1, 0.15) is 37.6 Å². The highest BCUT2D eigenvalue weighted by Crippen LogP contribution is 2.10. The zero-order chi connectivity index (χ0) is 19.4. The molecule has 3 N–H and O–H groups in total. The number of carbonyl (C=O) groups is 1. The van der Waals surface area contributed by atoms with Gasteiger partial charge in [0, 0.05) is 43.3 Å². The van der Waals surface area contributed by atoms with E-state index in [0.717, 1.165) is 30.0 Å². The van der Waals surface area contributed by atoms with E-state index in [1.807, 2.05) is 19.1 Å². The zero-order valence-electron chi connectivity index (χ0n) is 16.1. The maximum absolute atomic E-state index is 12.0. The predicted octanol–water partition coefficient (Wildman–Crippen LogP) is 2.80. The minimum Gasteiger partial charge on any atom is -0.378 e. The third kappa shape index (κ3) is 8.67. The van der Waals surface area contributed by atoms with Crippen LogP contribution in [0.15, 0.2) is 33.7 Å². The van der Waals surface area contributed by atoms with Crippen molar-refractivity contribution in [3.63, 3.8) is 0 Å². The molecule has 1 rings (SSSR count). The molecule has 1 unspecified atom stereocenters. The quantitative estimate of drug-likeness (QED) is 0.305. The number of ether oxygens (including phenoxy) is 1. The molecule has 0 radical (unpaired) electrons. The molecule has 1 atom stereocenters. The molecule has 0 saturated carbocycles. The fraction of sp³-hybridized carbons (Fsp3) is 0.579. The second-order valence-corrected chi connectivity index (χ2v) is 7.13. The third-order valence-electron chi connectivity index (χ3n) is 3.88. The summed E-state index contributed by atoms with van der Waals surface area (Å²) < 4.78 is 6.70. The Kier molecular flexibility index (Phi) is 11.0. The lowest BCUT2D eigenvalue weighted by atomic mass is 10.0. The van der Waals surface area contributed by atoms with E-state index >= 15 is 0 Å². The number of hydrogen-bond acceptors (Lipinski definition) is 3. The molecule has 0 spiro atoms. The zero-order valence-corrected chi connectivity index (χ0v) is 17.7. The summed E-state index contributed by atoms with van der Waals surface area (Å²) in [7, 11) is 1.73. The standard InChI is InChI=1S/C19H31BrN4O2/c1-5-26-17(14(2)3)10-11-23-19(21-4)24-13-12-22-18(25)15-6-8-16(20)9-7-15/h6-9,14,17H,5,10-13H2,1-4H3,(H,22,25)(H2,21,23,24). The largest absolute Gasteiger partial charge is 0.378 e. The van der Waals surface area contributed by atoms with Crippen LogP contribution in [0.25, 0.3) is 0 Å². The van der Waals surface area contributed by atoms with Crippen LogP contribution in [0.3, 0.4) is 0 Å².